The molecule has 0 saturated heterocycles. The van der Waals surface area contributed by atoms with Gasteiger partial charge in [0.05, 0.1) is 12.3 Å². The minimum absolute atomic E-state index is 0.0417. The molecule has 2 N–H and O–H groups in total. The Morgan fingerprint density at radius 1 is 1.14 bits per heavy atom. The quantitative estimate of drug-likeness (QED) is 0.245. The van der Waals surface area contributed by atoms with Crippen LogP contribution in [0, 0.1) is 18.6 Å². The minimum atomic E-state index is -0.887. The third-order valence-electron chi connectivity index (χ3n) is 5.73. The van der Waals surface area contributed by atoms with E-state index in [1.807, 2.05) is 51.1 Å². The fraction of sp³-hybridized carbons (Fsp3) is 0.321. The highest BCUT2D eigenvalue weighted by atomic mass is 19.2. The maximum absolute atomic E-state index is 14.4. The lowest BCUT2D eigenvalue weighted by atomic mass is 10.0. The van der Waals surface area contributed by atoms with Crippen molar-refractivity contribution in [3.8, 4) is 0 Å². The zero-order valence-corrected chi connectivity index (χ0v) is 21.7. The van der Waals surface area contributed by atoms with E-state index in [1.165, 1.54) is 13.1 Å². The summed E-state index contributed by atoms with van der Waals surface area (Å²) < 4.78 is 28.4. The van der Waals surface area contributed by atoms with Gasteiger partial charge in [0, 0.05) is 30.1 Å². The maximum Gasteiger partial charge on any atom is 0.251 e. The molecule has 6 nitrogen and oxygen atoms in total. The van der Waals surface area contributed by atoms with Gasteiger partial charge >= 0.3 is 0 Å². The smallest absolute Gasteiger partial charge is 0.251 e. The second kappa shape index (κ2) is 13.3. The molecule has 2 aromatic carbocycles. The van der Waals surface area contributed by atoms with Crippen molar-refractivity contribution in [1.82, 2.24) is 10.2 Å². The number of nitrogens with one attached hydrogen (secondary N) is 2. The number of carbonyl (C=O) groups excluding carboxylic acids is 2. The molecule has 1 amide bonds. The Balaban J connectivity index is 2.37. The Hall–Kier alpha value is -3.81. The number of nitrogens with zero attached hydrogens (tertiary/aromatic N) is 2. The van der Waals surface area contributed by atoms with Crippen LogP contribution in [0.25, 0.3) is 5.57 Å². The second-order valence-electron chi connectivity index (χ2n) is 8.44. The summed E-state index contributed by atoms with van der Waals surface area (Å²) in [5.74, 6) is -2.05. The molecule has 1 atom stereocenters. The van der Waals surface area contributed by atoms with Crippen molar-refractivity contribution in [2.75, 3.05) is 18.9 Å². The lowest BCUT2D eigenvalue weighted by Gasteiger charge is -2.29. The predicted octanol–water partition coefficient (Wildman–Crippen LogP) is 5.49. The molecule has 0 aliphatic carbocycles. The highest BCUT2D eigenvalue weighted by molar-refractivity contribution is 5.97. The van der Waals surface area contributed by atoms with Crippen molar-refractivity contribution < 1.29 is 18.4 Å². The first-order chi connectivity index (χ1) is 17.1. The molecular formula is C28H34F2N4O2. The van der Waals surface area contributed by atoms with Gasteiger partial charge in [0.1, 0.15) is 12.5 Å². The Labute approximate surface area is 211 Å². The number of hydrogen-bond acceptors (Lipinski definition) is 5. The van der Waals surface area contributed by atoms with Crippen molar-refractivity contribution in [3.63, 3.8) is 0 Å². The first-order valence-corrected chi connectivity index (χ1v) is 11.8. The molecule has 0 heterocycles. The van der Waals surface area contributed by atoms with E-state index in [0.717, 1.165) is 11.3 Å². The van der Waals surface area contributed by atoms with E-state index in [4.69, 9.17) is 0 Å². The molecule has 2 aromatic rings. The number of hydrogen-bond donors (Lipinski definition) is 2. The van der Waals surface area contributed by atoms with Gasteiger partial charge in [-0.15, -0.1) is 0 Å². The predicted molar refractivity (Wildman–Crippen MR) is 142 cm³/mol. The monoisotopic (exact) mass is 496 g/mol. The summed E-state index contributed by atoms with van der Waals surface area (Å²) in [6.45, 7) is 8.86. The Morgan fingerprint density at radius 3 is 2.47 bits per heavy atom. The van der Waals surface area contributed by atoms with Gasteiger partial charge in [0.15, 0.2) is 11.6 Å². The molecule has 0 spiro atoms. The zero-order valence-electron chi connectivity index (χ0n) is 21.7. The van der Waals surface area contributed by atoms with Gasteiger partial charge in [-0.1, -0.05) is 25.1 Å². The molecule has 1 unspecified atom stereocenters. The molecule has 0 fully saturated rings. The molecular weight excluding hydrogens is 462 g/mol. The van der Waals surface area contributed by atoms with E-state index in [-0.39, 0.29) is 29.7 Å². The molecule has 36 heavy (non-hydrogen) atoms. The lowest BCUT2D eigenvalue weighted by molar-refractivity contribution is -0.107. The summed E-state index contributed by atoms with van der Waals surface area (Å²) >= 11 is 0. The van der Waals surface area contributed by atoms with Crippen LogP contribution in [0.4, 0.5) is 14.5 Å². The van der Waals surface area contributed by atoms with Crippen molar-refractivity contribution in [2.45, 2.75) is 47.2 Å². The zero-order chi connectivity index (χ0) is 26.8. The molecule has 0 saturated carbocycles. The van der Waals surface area contributed by atoms with Gasteiger partial charge < -0.3 is 20.3 Å². The number of rotatable bonds is 11. The number of aliphatic imine (C=N–C) groups is 1. The first kappa shape index (κ1) is 28.4. The SMILES string of the molecule is C/C=C\N(C)C(Nc1ccc(C(=O)NCC=O)c(CC)c1)/C(C)=N/C=C(\C)c1ccc(C)c(F)c1F. The average molecular weight is 497 g/mol. The van der Waals surface area contributed by atoms with E-state index in [2.05, 4.69) is 15.6 Å². The normalized spacial score (nSPS) is 13.0. The van der Waals surface area contributed by atoms with Crippen LogP contribution in [0.5, 0.6) is 0 Å². The van der Waals surface area contributed by atoms with Crippen molar-refractivity contribution in [2.24, 2.45) is 4.99 Å². The Morgan fingerprint density at radius 2 is 1.83 bits per heavy atom. The molecule has 0 aliphatic heterocycles. The highest BCUT2D eigenvalue weighted by Gasteiger charge is 2.18. The number of halogens is 2. The summed E-state index contributed by atoms with van der Waals surface area (Å²) in [5, 5.41) is 6.00. The third-order valence-corrected chi connectivity index (χ3v) is 5.73. The number of amides is 1. The standard InChI is InChI=1S/C28H34F2N4O2/c1-7-14-34(6)27(20(5)32-17-19(4)23-11-9-18(3)25(29)26(23)30)33-22-10-12-24(21(8-2)16-22)28(36)31-13-15-35/h7,9-12,14-17,27,33H,8,13H2,1-6H3,(H,31,36)/b14-7-,19-17+,32-20+. The highest BCUT2D eigenvalue weighted by Crippen LogP contribution is 2.23. The fourth-order valence-corrected chi connectivity index (χ4v) is 3.70. The minimum Gasteiger partial charge on any atom is -0.360 e. The maximum atomic E-state index is 14.4. The van der Waals surface area contributed by atoms with Crippen LogP contribution in [-0.4, -0.2) is 42.6 Å². The van der Waals surface area contributed by atoms with Crippen molar-refractivity contribution in [3.05, 3.63) is 82.7 Å². The van der Waals surface area contributed by atoms with Crippen LogP contribution in [0.15, 0.2) is 53.8 Å². The van der Waals surface area contributed by atoms with Crippen LogP contribution in [0.1, 0.15) is 54.7 Å². The largest absolute Gasteiger partial charge is 0.360 e. The number of anilines is 1. The van der Waals surface area contributed by atoms with Gasteiger partial charge in [-0.05, 0) is 75.2 Å². The van der Waals surface area contributed by atoms with Gasteiger partial charge in [0.25, 0.3) is 5.91 Å². The average Bonchev–Trinajstić information content (AvgIpc) is 2.87. The summed E-state index contributed by atoms with van der Waals surface area (Å²) in [6.07, 6.45) is 6.23. The van der Waals surface area contributed by atoms with Gasteiger partial charge in [-0.3, -0.25) is 9.79 Å². The molecule has 0 radical (unpaired) electrons. The van der Waals surface area contributed by atoms with Gasteiger partial charge in [-0.25, -0.2) is 8.78 Å². The van der Waals surface area contributed by atoms with Crippen molar-refractivity contribution in [1.29, 1.82) is 0 Å². The van der Waals surface area contributed by atoms with Crippen molar-refractivity contribution >= 4 is 29.2 Å². The lowest BCUT2D eigenvalue weighted by Crippen LogP contribution is -2.40. The Kier molecular flexibility index (Phi) is 10.5. The van der Waals surface area contributed by atoms with E-state index in [9.17, 15) is 18.4 Å². The molecule has 0 aromatic heterocycles. The van der Waals surface area contributed by atoms with E-state index < -0.39 is 11.6 Å². The third kappa shape index (κ3) is 7.10. The summed E-state index contributed by atoms with van der Waals surface area (Å²) in [6, 6.07) is 8.50. The van der Waals surface area contributed by atoms with Crippen LogP contribution in [0.2, 0.25) is 0 Å². The molecule has 0 bridgehead atoms. The number of aldehydes is 1. The number of benzene rings is 2. The van der Waals surface area contributed by atoms with E-state index in [1.54, 1.807) is 31.2 Å². The second-order valence-corrected chi connectivity index (χ2v) is 8.44. The van der Waals surface area contributed by atoms with E-state index in [0.29, 0.717) is 29.6 Å². The summed E-state index contributed by atoms with van der Waals surface area (Å²) in [7, 11) is 1.89. The topological polar surface area (TPSA) is 73.8 Å². The summed E-state index contributed by atoms with van der Waals surface area (Å²) in [4.78, 5) is 29.4. The molecule has 2 rings (SSSR count). The first-order valence-electron chi connectivity index (χ1n) is 11.8. The molecule has 0 aliphatic rings. The fourth-order valence-electron chi connectivity index (χ4n) is 3.70. The molecule has 192 valence electrons. The van der Waals surface area contributed by atoms with E-state index >= 15 is 0 Å². The number of carbonyl (C=O) groups is 2. The van der Waals surface area contributed by atoms with Crippen LogP contribution >= 0.6 is 0 Å². The Bertz CT molecular complexity index is 1190. The van der Waals surface area contributed by atoms with Crippen LogP contribution in [-0.2, 0) is 11.2 Å². The van der Waals surface area contributed by atoms with Crippen LogP contribution in [0.3, 0.4) is 0 Å². The van der Waals surface area contributed by atoms with Crippen LogP contribution < -0.4 is 10.6 Å². The molecule has 8 heteroatoms. The number of aryl methyl sites for hydroxylation is 2. The van der Waals surface area contributed by atoms with Gasteiger partial charge in [-0.2, -0.15) is 0 Å². The van der Waals surface area contributed by atoms with Gasteiger partial charge in [0.2, 0.25) is 0 Å². The number of allylic oxidation sites excluding steroid dienone is 2. The summed E-state index contributed by atoms with van der Waals surface area (Å²) in [5.41, 5.74) is 3.72.